The van der Waals surface area contributed by atoms with Crippen molar-refractivity contribution >= 4 is 11.7 Å². The second-order valence-corrected chi connectivity index (χ2v) is 4.55. The van der Waals surface area contributed by atoms with Crippen molar-refractivity contribution in [1.29, 1.82) is 0 Å². The molecule has 0 aliphatic heterocycles. The maximum Gasteiger partial charge on any atom is 0.416 e. The number of hydrogen-bond acceptors (Lipinski definition) is 3. The van der Waals surface area contributed by atoms with Crippen molar-refractivity contribution in [1.82, 2.24) is 0 Å². The largest absolute Gasteiger partial charge is 0.465 e. The number of esters is 1. The van der Waals surface area contributed by atoms with Gasteiger partial charge in [-0.05, 0) is 23.8 Å². The minimum Gasteiger partial charge on any atom is -0.465 e. The summed E-state index contributed by atoms with van der Waals surface area (Å²) in [5.74, 6) is -0.549. The van der Waals surface area contributed by atoms with Gasteiger partial charge in [0.1, 0.15) is 0 Å². The van der Waals surface area contributed by atoms with Gasteiger partial charge in [0.2, 0.25) is 0 Å². The predicted octanol–water partition coefficient (Wildman–Crippen LogP) is 4.10. The first-order valence-electron chi connectivity index (χ1n) is 6.50. The Balaban J connectivity index is 2.24. The van der Waals surface area contributed by atoms with E-state index in [0.717, 1.165) is 6.07 Å². The van der Waals surface area contributed by atoms with Crippen molar-refractivity contribution in [3.63, 3.8) is 0 Å². The molecule has 22 heavy (non-hydrogen) atoms. The molecule has 0 saturated carbocycles. The molecule has 0 amide bonds. The molecule has 0 unspecified atom stereocenters. The second-order valence-electron chi connectivity index (χ2n) is 4.55. The van der Waals surface area contributed by atoms with Gasteiger partial charge in [0.05, 0.1) is 18.2 Å². The number of alkyl halides is 3. The minimum absolute atomic E-state index is 0.0519. The first-order chi connectivity index (χ1) is 10.4. The number of halogens is 3. The number of carbonyl (C=O) groups excluding carboxylic acids is 1. The standard InChI is InChI=1S/C16H14F3NO2/c1-22-15(21)12-7-3-5-9-14(12)20-10-11-6-2-4-8-13(11)16(17,18)19/h2-9,20H,10H2,1H3. The highest BCUT2D eigenvalue weighted by Crippen LogP contribution is 2.32. The number of carbonyl (C=O) groups is 1. The zero-order chi connectivity index (χ0) is 16.2. The molecular weight excluding hydrogens is 295 g/mol. The molecular formula is C16H14F3NO2. The lowest BCUT2D eigenvalue weighted by Crippen LogP contribution is -2.13. The number of anilines is 1. The molecule has 0 aliphatic carbocycles. The van der Waals surface area contributed by atoms with Gasteiger partial charge in [-0.1, -0.05) is 30.3 Å². The summed E-state index contributed by atoms with van der Waals surface area (Å²) in [4.78, 5) is 11.6. The van der Waals surface area contributed by atoms with Gasteiger partial charge in [-0.3, -0.25) is 0 Å². The number of para-hydroxylation sites is 1. The van der Waals surface area contributed by atoms with Gasteiger partial charge in [0, 0.05) is 12.2 Å². The van der Waals surface area contributed by atoms with Crippen LogP contribution in [0.15, 0.2) is 48.5 Å². The average Bonchev–Trinajstić information content (AvgIpc) is 2.52. The van der Waals surface area contributed by atoms with Crippen LogP contribution in [0.4, 0.5) is 18.9 Å². The lowest BCUT2D eigenvalue weighted by atomic mass is 10.1. The Morgan fingerprint density at radius 1 is 1.09 bits per heavy atom. The minimum atomic E-state index is -4.42. The molecule has 0 atom stereocenters. The van der Waals surface area contributed by atoms with Crippen molar-refractivity contribution in [2.24, 2.45) is 0 Å². The molecule has 2 aromatic rings. The second kappa shape index (κ2) is 6.51. The molecule has 0 fully saturated rings. The molecule has 1 N–H and O–H groups in total. The highest BCUT2D eigenvalue weighted by atomic mass is 19.4. The Bertz CT molecular complexity index is 668. The third kappa shape index (κ3) is 3.58. The molecule has 6 heteroatoms. The van der Waals surface area contributed by atoms with E-state index in [1.165, 1.54) is 19.2 Å². The Morgan fingerprint density at radius 2 is 1.73 bits per heavy atom. The highest BCUT2D eigenvalue weighted by Gasteiger charge is 2.32. The van der Waals surface area contributed by atoms with Gasteiger partial charge >= 0.3 is 12.1 Å². The van der Waals surface area contributed by atoms with E-state index in [0.29, 0.717) is 5.69 Å². The number of methoxy groups -OCH3 is 1. The fourth-order valence-electron chi connectivity index (χ4n) is 2.07. The van der Waals surface area contributed by atoms with Crippen molar-refractivity contribution in [3.8, 4) is 0 Å². The molecule has 0 bridgehead atoms. The van der Waals surface area contributed by atoms with E-state index in [-0.39, 0.29) is 17.7 Å². The summed E-state index contributed by atoms with van der Waals surface area (Å²) in [5.41, 5.74) is 0.105. The Hall–Kier alpha value is -2.50. The molecule has 0 saturated heterocycles. The van der Waals surface area contributed by atoms with Crippen LogP contribution >= 0.6 is 0 Å². The molecule has 116 valence electrons. The summed E-state index contributed by atoms with van der Waals surface area (Å²) >= 11 is 0. The van der Waals surface area contributed by atoms with Gasteiger partial charge in [0.15, 0.2) is 0 Å². The third-order valence-electron chi connectivity index (χ3n) is 3.12. The summed E-state index contributed by atoms with van der Waals surface area (Å²) < 4.78 is 43.5. The van der Waals surface area contributed by atoms with Gasteiger partial charge in [-0.25, -0.2) is 4.79 Å². The summed E-state index contributed by atoms with van der Waals surface area (Å²) in [5, 5.41) is 2.86. The molecule has 2 rings (SSSR count). The smallest absolute Gasteiger partial charge is 0.416 e. The Kier molecular flexibility index (Phi) is 4.70. The zero-order valence-corrected chi connectivity index (χ0v) is 11.8. The maximum absolute atomic E-state index is 12.9. The van der Waals surface area contributed by atoms with Crippen molar-refractivity contribution in [3.05, 3.63) is 65.2 Å². The monoisotopic (exact) mass is 309 g/mol. The summed E-state index contributed by atoms with van der Waals surface area (Å²) in [6.45, 7) is -0.0519. The maximum atomic E-state index is 12.9. The molecule has 0 heterocycles. The van der Waals surface area contributed by atoms with Crippen LogP contribution in [0.2, 0.25) is 0 Å². The van der Waals surface area contributed by atoms with Crippen LogP contribution in [0.25, 0.3) is 0 Å². The molecule has 3 nitrogen and oxygen atoms in total. The van der Waals surface area contributed by atoms with Crippen LogP contribution in [-0.2, 0) is 17.5 Å². The van der Waals surface area contributed by atoms with Crippen LogP contribution in [0.5, 0.6) is 0 Å². The SMILES string of the molecule is COC(=O)c1ccccc1NCc1ccccc1C(F)(F)F. The van der Waals surface area contributed by atoms with Crippen LogP contribution < -0.4 is 5.32 Å². The first-order valence-corrected chi connectivity index (χ1v) is 6.50. The molecule has 2 aromatic carbocycles. The normalized spacial score (nSPS) is 11.1. The van der Waals surface area contributed by atoms with Gasteiger partial charge in [0.25, 0.3) is 0 Å². The summed E-state index contributed by atoms with van der Waals surface area (Å²) in [6.07, 6.45) is -4.42. The third-order valence-corrected chi connectivity index (χ3v) is 3.12. The van der Waals surface area contributed by atoms with Crippen LogP contribution in [0.3, 0.4) is 0 Å². The lowest BCUT2D eigenvalue weighted by molar-refractivity contribution is -0.138. The number of benzene rings is 2. The number of rotatable bonds is 4. The van der Waals surface area contributed by atoms with Crippen molar-refractivity contribution < 1.29 is 22.7 Å². The fraction of sp³-hybridized carbons (Fsp3) is 0.188. The average molecular weight is 309 g/mol. The van der Waals surface area contributed by atoms with Gasteiger partial charge in [-0.15, -0.1) is 0 Å². The van der Waals surface area contributed by atoms with E-state index >= 15 is 0 Å². The topological polar surface area (TPSA) is 38.3 Å². The number of nitrogens with one attached hydrogen (secondary N) is 1. The van der Waals surface area contributed by atoms with Crippen molar-refractivity contribution in [2.75, 3.05) is 12.4 Å². The Morgan fingerprint density at radius 3 is 2.41 bits per heavy atom. The zero-order valence-electron chi connectivity index (χ0n) is 11.8. The van der Waals surface area contributed by atoms with Crippen LogP contribution in [0, 0.1) is 0 Å². The van der Waals surface area contributed by atoms with E-state index < -0.39 is 17.7 Å². The highest BCUT2D eigenvalue weighted by molar-refractivity contribution is 5.95. The number of ether oxygens (including phenoxy) is 1. The predicted molar refractivity (Wildman–Crippen MR) is 76.6 cm³/mol. The fourth-order valence-corrected chi connectivity index (χ4v) is 2.07. The van der Waals surface area contributed by atoms with E-state index in [1.807, 2.05) is 0 Å². The number of hydrogen-bond donors (Lipinski definition) is 1. The molecule has 0 spiro atoms. The quantitative estimate of drug-likeness (QED) is 0.864. The van der Waals surface area contributed by atoms with Crippen LogP contribution in [0.1, 0.15) is 21.5 Å². The van der Waals surface area contributed by atoms with E-state index in [1.54, 1.807) is 30.3 Å². The van der Waals surface area contributed by atoms with Crippen molar-refractivity contribution in [2.45, 2.75) is 12.7 Å². The lowest BCUT2D eigenvalue weighted by Gasteiger charge is -2.15. The summed E-state index contributed by atoms with van der Waals surface area (Å²) in [6, 6.07) is 11.8. The van der Waals surface area contributed by atoms with Gasteiger partial charge < -0.3 is 10.1 Å². The van der Waals surface area contributed by atoms with E-state index in [9.17, 15) is 18.0 Å². The molecule has 0 aromatic heterocycles. The van der Waals surface area contributed by atoms with Gasteiger partial charge in [-0.2, -0.15) is 13.2 Å². The molecule has 0 radical (unpaired) electrons. The van der Waals surface area contributed by atoms with E-state index in [2.05, 4.69) is 10.1 Å². The van der Waals surface area contributed by atoms with Crippen LogP contribution in [-0.4, -0.2) is 13.1 Å². The Labute approximate surface area is 125 Å². The molecule has 0 aliphatic rings. The first kappa shape index (κ1) is 15.9. The summed E-state index contributed by atoms with van der Waals surface area (Å²) in [7, 11) is 1.25. The van der Waals surface area contributed by atoms with E-state index in [4.69, 9.17) is 0 Å².